The summed E-state index contributed by atoms with van der Waals surface area (Å²) in [6.45, 7) is 4.79. The van der Waals surface area contributed by atoms with Crippen LogP contribution in [0.25, 0.3) is 0 Å². The van der Waals surface area contributed by atoms with Crippen LogP contribution in [0.15, 0.2) is 24.3 Å². The third-order valence-corrected chi connectivity index (χ3v) is 3.37. The fraction of sp³-hybridized carbons (Fsp3) is 0.429. The van der Waals surface area contributed by atoms with Gasteiger partial charge in [-0.05, 0) is 31.2 Å². The average molecular weight is 262 g/mol. The molecule has 0 aromatic heterocycles. The summed E-state index contributed by atoms with van der Waals surface area (Å²) in [6.07, 6.45) is 0. The first-order valence-corrected chi connectivity index (χ1v) is 6.36. The van der Waals surface area contributed by atoms with Gasteiger partial charge in [-0.1, -0.05) is 0 Å². The SMILES string of the molecule is CC(=O)c1ccc(N2CCN(CC(=O)O)CC2)cc1. The number of ketones is 1. The van der Waals surface area contributed by atoms with Crippen molar-refractivity contribution in [3.05, 3.63) is 29.8 Å². The fourth-order valence-corrected chi connectivity index (χ4v) is 2.26. The van der Waals surface area contributed by atoms with Crippen molar-refractivity contribution < 1.29 is 14.7 Å². The van der Waals surface area contributed by atoms with Crippen LogP contribution in [0.2, 0.25) is 0 Å². The van der Waals surface area contributed by atoms with E-state index in [2.05, 4.69) is 4.90 Å². The van der Waals surface area contributed by atoms with Crippen molar-refractivity contribution in [3.8, 4) is 0 Å². The quantitative estimate of drug-likeness (QED) is 0.823. The maximum absolute atomic E-state index is 11.2. The highest BCUT2D eigenvalue weighted by molar-refractivity contribution is 5.94. The topological polar surface area (TPSA) is 60.9 Å². The van der Waals surface area contributed by atoms with Gasteiger partial charge < -0.3 is 10.0 Å². The molecule has 1 aliphatic heterocycles. The summed E-state index contributed by atoms with van der Waals surface area (Å²) in [5, 5.41) is 8.74. The summed E-state index contributed by atoms with van der Waals surface area (Å²) in [4.78, 5) is 26.0. The van der Waals surface area contributed by atoms with Crippen LogP contribution in [-0.2, 0) is 4.79 Å². The van der Waals surface area contributed by atoms with Crippen LogP contribution in [0.4, 0.5) is 5.69 Å². The van der Waals surface area contributed by atoms with Crippen molar-refractivity contribution in [3.63, 3.8) is 0 Å². The Morgan fingerprint density at radius 2 is 1.68 bits per heavy atom. The van der Waals surface area contributed by atoms with E-state index in [4.69, 9.17) is 5.11 Å². The van der Waals surface area contributed by atoms with Gasteiger partial charge in [0.25, 0.3) is 0 Å². The third-order valence-electron chi connectivity index (χ3n) is 3.37. The summed E-state index contributed by atoms with van der Waals surface area (Å²) in [5.41, 5.74) is 1.80. The zero-order chi connectivity index (χ0) is 13.8. The molecule has 102 valence electrons. The fourth-order valence-electron chi connectivity index (χ4n) is 2.26. The number of anilines is 1. The second kappa shape index (κ2) is 5.84. The zero-order valence-electron chi connectivity index (χ0n) is 11.0. The monoisotopic (exact) mass is 262 g/mol. The van der Waals surface area contributed by atoms with E-state index in [9.17, 15) is 9.59 Å². The van der Waals surface area contributed by atoms with Crippen molar-refractivity contribution in [1.29, 1.82) is 0 Å². The largest absolute Gasteiger partial charge is 0.480 e. The normalized spacial score (nSPS) is 16.4. The molecule has 5 heteroatoms. The maximum Gasteiger partial charge on any atom is 0.317 e. The Hall–Kier alpha value is -1.88. The van der Waals surface area contributed by atoms with Gasteiger partial charge in [0, 0.05) is 37.4 Å². The first-order valence-electron chi connectivity index (χ1n) is 6.36. The predicted octanol–water partition coefficient (Wildman–Crippen LogP) is 1.10. The molecule has 0 bridgehead atoms. The van der Waals surface area contributed by atoms with Crippen LogP contribution >= 0.6 is 0 Å². The Morgan fingerprint density at radius 3 is 2.16 bits per heavy atom. The number of carbonyl (C=O) groups excluding carboxylic acids is 1. The molecule has 1 aromatic rings. The van der Waals surface area contributed by atoms with Crippen LogP contribution in [0.1, 0.15) is 17.3 Å². The molecule has 0 saturated carbocycles. The van der Waals surface area contributed by atoms with Crippen molar-refractivity contribution in [2.75, 3.05) is 37.6 Å². The second-order valence-electron chi connectivity index (χ2n) is 4.76. The lowest BCUT2D eigenvalue weighted by Gasteiger charge is -2.35. The van der Waals surface area contributed by atoms with Crippen LogP contribution in [0.5, 0.6) is 0 Å². The minimum atomic E-state index is -0.778. The number of hydrogen-bond acceptors (Lipinski definition) is 4. The minimum Gasteiger partial charge on any atom is -0.480 e. The van der Waals surface area contributed by atoms with Gasteiger partial charge in [0.15, 0.2) is 5.78 Å². The Labute approximate surface area is 112 Å². The highest BCUT2D eigenvalue weighted by atomic mass is 16.4. The number of hydrogen-bond donors (Lipinski definition) is 1. The van der Waals surface area contributed by atoms with Gasteiger partial charge in [-0.3, -0.25) is 14.5 Å². The molecule has 1 heterocycles. The Bertz CT molecular complexity index is 462. The molecule has 1 aliphatic rings. The molecule has 0 spiro atoms. The predicted molar refractivity (Wildman–Crippen MR) is 72.7 cm³/mol. The number of carboxylic acids is 1. The number of rotatable bonds is 4. The number of aliphatic carboxylic acids is 1. The van der Waals surface area contributed by atoms with Gasteiger partial charge in [0.05, 0.1) is 6.54 Å². The summed E-state index contributed by atoms with van der Waals surface area (Å²) < 4.78 is 0. The van der Waals surface area contributed by atoms with E-state index in [1.807, 2.05) is 29.2 Å². The van der Waals surface area contributed by atoms with E-state index in [-0.39, 0.29) is 12.3 Å². The summed E-state index contributed by atoms with van der Waals surface area (Å²) in [6, 6.07) is 7.57. The Kier molecular flexibility index (Phi) is 4.16. The van der Waals surface area contributed by atoms with Gasteiger partial charge in [0.2, 0.25) is 0 Å². The van der Waals surface area contributed by atoms with Crippen molar-refractivity contribution >= 4 is 17.4 Å². The van der Waals surface area contributed by atoms with E-state index in [1.165, 1.54) is 0 Å². The Balaban J connectivity index is 1.94. The van der Waals surface area contributed by atoms with Gasteiger partial charge in [-0.15, -0.1) is 0 Å². The van der Waals surface area contributed by atoms with Crippen LogP contribution < -0.4 is 4.90 Å². The van der Waals surface area contributed by atoms with E-state index in [1.54, 1.807) is 6.92 Å². The number of carboxylic acid groups (broad SMARTS) is 1. The lowest BCUT2D eigenvalue weighted by molar-refractivity contribution is -0.138. The number of benzene rings is 1. The molecule has 2 rings (SSSR count). The molecule has 5 nitrogen and oxygen atoms in total. The summed E-state index contributed by atoms with van der Waals surface area (Å²) in [7, 11) is 0. The lowest BCUT2D eigenvalue weighted by atomic mass is 10.1. The van der Waals surface area contributed by atoms with E-state index in [0.29, 0.717) is 5.56 Å². The van der Waals surface area contributed by atoms with Gasteiger partial charge in [-0.25, -0.2) is 0 Å². The summed E-state index contributed by atoms with van der Waals surface area (Å²) >= 11 is 0. The summed E-state index contributed by atoms with van der Waals surface area (Å²) in [5.74, 6) is -0.711. The van der Waals surface area contributed by atoms with Crippen LogP contribution in [-0.4, -0.2) is 54.5 Å². The molecule has 1 N–H and O–H groups in total. The zero-order valence-corrected chi connectivity index (χ0v) is 11.0. The third kappa shape index (κ3) is 3.54. The highest BCUT2D eigenvalue weighted by Crippen LogP contribution is 2.17. The highest BCUT2D eigenvalue weighted by Gasteiger charge is 2.18. The maximum atomic E-state index is 11.2. The average Bonchev–Trinajstić information content (AvgIpc) is 2.39. The molecule has 0 aliphatic carbocycles. The molecule has 1 aromatic carbocycles. The van der Waals surface area contributed by atoms with Crippen molar-refractivity contribution in [2.24, 2.45) is 0 Å². The van der Waals surface area contributed by atoms with Crippen molar-refractivity contribution in [2.45, 2.75) is 6.92 Å². The van der Waals surface area contributed by atoms with Gasteiger partial charge >= 0.3 is 5.97 Å². The molecule has 1 saturated heterocycles. The first-order chi connectivity index (χ1) is 9.06. The molecular weight excluding hydrogens is 244 g/mol. The number of carbonyl (C=O) groups is 2. The number of piperazine rings is 1. The lowest BCUT2D eigenvalue weighted by Crippen LogP contribution is -2.47. The minimum absolute atomic E-state index is 0.0674. The standard InChI is InChI=1S/C14H18N2O3/c1-11(17)12-2-4-13(5-3-12)16-8-6-15(7-9-16)10-14(18)19/h2-5H,6-10H2,1H3,(H,18,19). The second-order valence-corrected chi connectivity index (χ2v) is 4.76. The van der Waals surface area contributed by atoms with Crippen LogP contribution in [0, 0.1) is 0 Å². The smallest absolute Gasteiger partial charge is 0.317 e. The number of Topliss-reactive ketones (excluding diaryl/α,β-unsaturated/α-hetero) is 1. The molecule has 0 amide bonds. The van der Waals surface area contributed by atoms with E-state index >= 15 is 0 Å². The molecule has 0 unspecified atom stereocenters. The number of nitrogens with zero attached hydrogens (tertiary/aromatic N) is 2. The Morgan fingerprint density at radius 1 is 1.11 bits per heavy atom. The molecule has 1 fully saturated rings. The first kappa shape index (κ1) is 13.5. The van der Waals surface area contributed by atoms with E-state index < -0.39 is 5.97 Å². The van der Waals surface area contributed by atoms with Gasteiger partial charge in [-0.2, -0.15) is 0 Å². The molecule has 0 atom stereocenters. The molecular formula is C14H18N2O3. The molecule has 19 heavy (non-hydrogen) atoms. The van der Waals surface area contributed by atoms with E-state index in [0.717, 1.165) is 31.9 Å². The molecule has 0 radical (unpaired) electrons. The van der Waals surface area contributed by atoms with Gasteiger partial charge in [0.1, 0.15) is 0 Å². The van der Waals surface area contributed by atoms with Crippen molar-refractivity contribution in [1.82, 2.24) is 4.90 Å². The van der Waals surface area contributed by atoms with Crippen LogP contribution in [0.3, 0.4) is 0 Å².